The molecule has 0 amide bonds. The molecule has 0 aromatic rings. The second kappa shape index (κ2) is 5.86. The van der Waals surface area contributed by atoms with Crippen LogP contribution in [0.15, 0.2) is 12.2 Å². The van der Waals surface area contributed by atoms with E-state index in [1.54, 1.807) is 0 Å². The van der Waals surface area contributed by atoms with Gasteiger partial charge in [0.25, 0.3) is 0 Å². The molecule has 1 nitrogen and oxygen atoms in total. The Morgan fingerprint density at radius 3 is 2.56 bits per heavy atom. The molecule has 0 saturated heterocycles. The van der Waals surface area contributed by atoms with Crippen molar-refractivity contribution in [3.63, 3.8) is 0 Å². The summed E-state index contributed by atoms with van der Waals surface area (Å²) in [6.07, 6.45) is 14.3. The Kier molecular flexibility index (Phi) is 4.45. The fourth-order valence-corrected chi connectivity index (χ4v) is 3.41. The Balaban J connectivity index is 1.87. The predicted molar refractivity (Wildman–Crippen MR) is 70.5 cm³/mol. The van der Waals surface area contributed by atoms with Gasteiger partial charge in [0.15, 0.2) is 0 Å². The van der Waals surface area contributed by atoms with Crippen molar-refractivity contribution in [2.24, 2.45) is 11.8 Å². The summed E-state index contributed by atoms with van der Waals surface area (Å²) in [7, 11) is 0. The molecule has 3 unspecified atom stereocenters. The molecule has 2 aliphatic rings. The largest absolute Gasteiger partial charge is 0.311 e. The van der Waals surface area contributed by atoms with Crippen molar-refractivity contribution >= 4 is 0 Å². The number of hydrogen-bond donors (Lipinski definition) is 1. The zero-order chi connectivity index (χ0) is 11.4. The molecule has 92 valence electrons. The summed E-state index contributed by atoms with van der Waals surface area (Å²) in [6.45, 7) is 4.79. The first-order valence-corrected chi connectivity index (χ1v) is 7.18. The Hall–Kier alpha value is -0.300. The second-order valence-electron chi connectivity index (χ2n) is 5.95. The number of allylic oxidation sites excluding steroid dienone is 1. The Bertz CT molecular complexity index is 232. The SMILES string of the molecule is CC(C)C1CCCCC1NC1CC=CCC1. The van der Waals surface area contributed by atoms with Crippen LogP contribution >= 0.6 is 0 Å². The van der Waals surface area contributed by atoms with Crippen molar-refractivity contribution in [3.05, 3.63) is 12.2 Å². The van der Waals surface area contributed by atoms with E-state index in [1.165, 1.54) is 44.9 Å². The second-order valence-corrected chi connectivity index (χ2v) is 5.95. The van der Waals surface area contributed by atoms with E-state index in [-0.39, 0.29) is 0 Å². The van der Waals surface area contributed by atoms with Gasteiger partial charge in [-0.3, -0.25) is 0 Å². The number of rotatable bonds is 3. The molecule has 0 heterocycles. The number of nitrogens with one attached hydrogen (secondary N) is 1. The molecule has 2 aliphatic carbocycles. The van der Waals surface area contributed by atoms with Gasteiger partial charge in [-0.05, 0) is 43.9 Å². The van der Waals surface area contributed by atoms with Crippen LogP contribution in [0.2, 0.25) is 0 Å². The lowest BCUT2D eigenvalue weighted by molar-refractivity contribution is 0.189. The van der Waals surface area contributed by atoms with Gasteiger partial charge in [0, 0.05) is 12.1 Å². The van der Waals surface area contributed by atoms with Crippen LogP contribution in [-0.4, -0.2) is 12.1 Å². The van der Waals surface area contributed by atoms with E-state index in [4.69, 9.17) is 0 Å². The quantitative estimate of drug-likeness (QED) is 0.713. The maximum atomic E-state index is 3.94. The zero-order valence-electron chi connectivity index (χ0n) is 10.9. The topological polar surface area (TPSA) is 12.0 Å². The van der Waals surface area contributed by atoms with Crippen molar-refractivity contribution in [2.45, 2.75) is 70.9 Å². The highest BCUT2D eigenvalue weighted by atomic mass is 15.0. The van der Waals surface area contributed by atoms with Crippen LogP contribution in [0.25, 0.3) is 0 Å². The van der Waals surface area contributed by atoms with Crippen LogP contribution in [0, 0.1) is 11.8 Å². The first kappa shape index (κ1) is 12.2. The van der Waals surface area contributed by atoms with Crippen molar-refractivity contribution in [1.29, 1.82) is 0 Å². The molecule has 0 spiro atoms. The summed E-state index contributed by atoms with van der Waals surface area (Å²) < 4.78 is 0. The van der Waals surface area contributed by atoms with Crippen LogP contribution < -0.4 is 5.32 Å². The van der Waals surface area contributed by atoms with Crippen molar-refractivity contribution in [2.75, 3.05) is 0 Å². The van der Waals surface area contributed by atoms with E-state index in [2.05, 4.69) is 31.3 Å². The van der Waals surface area contributed by atoms with Crippen molar-refractivity contribution in [1.82, 2.24) is 5.32 Å². The Morgan fingerprint density at radius 2 is 1.88 bits per heavy atom. The molecule has 0 aromatic carbocycles. The maximum Gasteiger partial charge on any atom is 0.0107 e. The summed E-state index contributed by atoms with van der Waals surface area (Å²) in [5.41, 5.74) is 0. The average molecular weight is 221 g/mol. The summed E-state index contributed by atoms with van der Waals surface area (Å²) in [6, 6.07) is 1.56. The maximum absolute atomic E-state index is 3.94. The summed E-state index contributed by atoms with van der Waals surface area (Å²) in [5, 5.41) is 3.94. The molecular formula is C15H27N. The van der Waals surface area contributed by atoms with Crippen molar-refractivity contribution < 1.29 is 0 Å². The third kappa shape index (κ3) is 3.10. The third-order valence-electron chi connectivity index (χ3n) is 4.39. The van der Waals surface area contributed by atoms with E-state index < -0.39 is 0 Å². The molecule has 16 heavy (non-hydrogen) atoms. The van der Waals surface area contributed by atoms with Gasteiger partial charge in [-0.1, -0.05) is 38.8 Å². The fourth-order valence-electron chi connectivity index (χ4n) is 3.41. The normalized spacial score (nSPS) is 35.6. The standard InChI is InChI=1S/C15H27N/c1-12(2)14-10-6-7-11-15(14)16-13-8-4-3-5-9-13/h3-4,12-16H,5-11H2,1-2H3. The number of hydrogen-bond acceptors (Lipinski definition) is 1. The molecule has 2 rings (SSSR count). The predicted octanol–water partition coefficient (Wildman–Crippen LogP) is 3.90. The highest BCUT2D eigenvalue weighted by Crippen LogP contribution is 2.31. The highest BCUT2D eigenvalue weighted by molar-refractivity contribution is 4.95. The lowest BCUT2D eigenvalue weighted by atomic mass is 9.77. The zero-order valence-corrected chi connectivity index (χ0v) is 10.9. The lowest BCUT2D eigenvalue weighted by Gasteiger charge is -2.38. The van der Waals surface area contributed by atoms with Crippen LogP contribution in [0.5, 0.6) is 0 Å². The first-order chi connectivity index (χ1) is 7.77. The molecule has 3 atom stereocenters. The van der Waals surface area contributed by atoms with E-state index in [9.17, 15) is 0 Å². The lowest BCUT2D eigenvalue weighted by Crippen LogP contribution is -2.46. The molecule has 0 bridgehead atoms. The van der Waals surface area contributed by atoms with E-state index >= 15 is 0 Å². The summed E-state index contributed by atoms with van der Waals surface area (Å²) >= 11 is 0. The molecule has 1 N–H and O–H groups in total. The van der Waals surface area contributed by atoms with Crippen LogP contribution in [-0.2, 0) is 0 Å². The van der Waals surface area contributed by atoms with Gasteiger partial charge in [-0.2, -0.15) is 0 Å². The minimum atomic E-state index is 0.759. The smallest absolute Gasteiger partial charge is 0.0107 e. The summed E-state index contributed by atoms with van der Waals surface area (Å²) in [4.78, 5) is 0. The van der Waals surface area contributed by atoms with Crippen LogP contribution in [0.1, 0.15) is 58.8 Å². The summed E-state index contributed by atoms with van der Waals surface area (Å²) in [5.74, 6) is 1.76. The van der Waals surface area contributed by atoms with Crippen molar-refractivity contribution in [3.8, 4) is 0 Å². The van der Waals surface area contributed by atoms with Crippen LogP contribution in [0.3, 0.4) is 0 Å². The molecule has 0 aliphatic heterocycles. The fraction of sp³-hybridized carbons (Fsp3) is 0.867. The van der Waals surface area contributed by atoms with Gasteiger partial charge in [0.05, 0.1) is 0 Å². The Morgan fingerprint density at radius 1 is 1.06 bits per heavy atom. The van der Waals surface area contributed by atoms with E-state index in [0.29, 0.717) is 0 Å². The van der Waals surface area contributed by atoms with Gasteiger partial charge in [-0.25, -0.2) is 0 Å². The van der Waals surface area contributed by atoms with Gasteiger partial charge >= 0.3 is 0 Å². The third-order valence-corrected chi connectivity index (χ3v) is 4.39. The molecule has 0 aromatic heterocycles. The van der Waals surface area contributed by atoms with E-state index in [1.807, 2.05) is 0 Å². The minimum absolute atomic E-state index is 0.759. The van der Waals surface area contributed by atoms with E-state index in [0.717, 1.165) is 23.9 Å². The van der Waals surface area contributed by atoms with Gasteiger partial charge in [0.2, 0.25) is 0 Å². The first-order valence-electron chi connectivity index (χ1n) is 7.18. The molecule has 0 radical (unpaired) electrons. The highest BCUT2D eigenvalue weighted by Gasteiger charge is 2.28. The average Bonchev–Trinajstić information content (AvgIpc) is 2.31. The molecular weight excluding hydrogens is 194 g/mol. The molecule has 1 saturated carbocycles. The van der Waals surface area contributed by atoms with Gasteiger partial charge < -0.3 is 5.32 Å². The molecule has 1 heteroatoms. The van der Waals surface area contributed by atoms with Crippen LogP contribution in [0.4, 0.5) is 0 Å². The molecule has 1 fully saturated rings. The van der Waals surface area contributed by atoms with Gasteiger partial charge in [0.1, 0.15) is 0 Å². The van der Waals surface area contributed by atoms with Gasteiger partial charge in [-0.15, -0.1) is 0 Å². The Labute approximate surface area is 101 Å². The minimum Gasteiger partial charge on any atom is -0.311 e. The monoisotopic (exact) mass is 221 g/mol.